The van der Waals surface area contributed by atoms with Crippen LogP contribution in [0.1, 0.15) is 42.8 Å². The molecule has 0 unspecified atom stereocenters. The van der Waals surface area contributed by atoms with Gasteiger partial charge in [0.1, 0.15) is 10.7 Å². The fraction of sp³-hybridized carbons (Fsp3) is 0.714. The predicted octanol–water partition coefficient (Wildman–Crippen LogP) is 1.46. The molecule has 0 aromatic carbocycles. The van der Waals surface area contributed by atoms with E-state index in [1.54, 1.807) is 0 Å². The number of nitrogen functional groups attached to an aromatic ring is 1. The van der Waals surface area contributed by atoms with E-state index in [1.165, 1.54) is 17.8 Å². The van der Waals surface area contributed by atoms with E-state index in [0.29, 0.717) is 4.88 Å². The molecule has 118 valence electrons. The second-order valence-corrected chi connectivity index (χ2v) is 6.74. The standard InChI is InChI=1S/C14H24N4O2S/c1-9(2)10(8-19)16-13(20)11-12(15)17-14(21-11)18-6-4-3-5-7-18/h9-10,19H,3-8,15H2,1-2H3,(H,16,20)/t10-/m1/s1. The number of carbonyl (C=O) groups is 1. The highest BCUT2D eigenvalue weighted by Crippen LogP contribution is 2.30. The molecule has 2 rings (SSSR count). The molecule has 1 aromatic heterocycles. The number of anilines is 2. The van der Waals surface area contributed by atoms with Crippen LogP contribution in [0.25, 0.3) is 0 Å². The zero-order valence-electron chi connectivity index (χ0n) is 12.6. The summed E-state index contributed by atoms with van der Waals surface area (Å²) in [5, 5.41) is 12.9. The summed E-state index contributed by atoms with van der Waals surface area (Å²) in [4.78, 5) is 19.2. The van der Waals surface area contributed by atoms with E-state index < -0.39 is 0 Å². The molecule has 0 bridgehead atoms. The highest BCUT2D eigenvalue weighted by molar-refractivity contribution is 7.18. The molecule has 1 aliphatic heterocycles. The lowest BCUT2D eigenvalue weighted by atomic mass is 10.1. The molecule has 0 saturated carbocycles. The highest BCUT2D eigenvalue weighted by Gasteiger charge is 2.23. The number of thiazole rings is 1. The minimum Gasteiger partial charge on any atom is -0.394 e. The summed E-state index contributed by atoms with van der Waals surface area (Å²) in [6.45, 7) is 5.77. The topological polar surface area (TPSA) is 91.5 Å². The first-order chi connectivity index (χ1) is 10.0. The number of rotatable bonds is 5. The van der Waals surface area contributed by atoms with E-state index in [2.05, 4.69) is 15.2 Å². The Bertz CT molecular complexity index is 483. The average molecular weight is 312 g/mol. The lowest BCUT2D eigenvalue weighted by Gasteiger charge is -2.25. The van der Waals surface area contributed by atoms with Gasteiger partial charge in [-0.25, -0.2) is 4.98 Å². The maximum atomic E-state index is 12.3. The number of nitrogens with zero attached hydrogens (tertiary/aromatic N) is 2. The number of amides is 1. The van der Waals surface area contributed by atoms with Crippen LogP contribution in [0.5, 0.6) is 0 Å². The fourth-order valence-corrected chi connectivity index (χ4v) is 3.30. The van der Waals surface area contributed by atoms with Gasteiger partial charge in [-0.15, -0.1) is 0 Å². The van der Waals surface area contributed by atoms with Crippen LogP contribution in [0.15, 0.2) is 0 Å². The number of aromatic nitrogens is 1. The van der Waals surface area contributed by atoms with E-state index in [4.69, 9.17) is 5.73 Å². The molecule has 1 fully saturated rings. The molecule has 7 heteroatoms. The van der Waals surface area contributed by atoms with Crippen molar-refractivity contribution in [2.24, 2.45) is 5.92 Å². The first kappa shape index (κ1) is 16.0. The van der Waals surface area contributed by atoms with Gasteiger partial charge in [-0.1, -0.05) is 25.2 Å². The monoisotopic (exact) mass is 312 g/mol. The summed E-state index contributed by atoms with van der Waals surface area (Å²) in [6, 6.07) is -0.266. The smallest absolute Gasteiger partial charge is 0.265 e. The van der Waals surface area contributed by atoms with Crippen LogP contribution in [0.3, 0.4) is 0 Å². The summed E-state index contributed by atoms with van der Waals surface area (Å²) in [5.41, 5.74) is 5.89. The van der Waals surface area contributed by atoms with Crippen molar-refractivity contribution in [2.45, 2.75) is 39.2 Å². The van der Waals surface area contributed by atoms with E-state index in [-0.39, 0.29) is 30.3 Å². The van der Waals surface area contributed by atoms with Gasteiger partial charge in [0.25, 0.3) is 5.91 Å². The molecule has 21 heavy (non-hydrogen) atoms. The Kier molecular flexibility index (Phi) is 5.41. The van der Waals surface area contributed by atoms with E-state index in [9.17, 15) is 9.90 Å². The van der Waals surface area contributed by atoms with Crippen LogP contribution in [-0.4, -0.2) is 41.7 Å². The van der Waals surface area contributed by atoms with Gasteiger partial charge in [-0.2, -0.15) is 0 Å². The van der Waals surface area contributed by atoms with Crippen molar-refractivity contribution in [1.82, 2.24) is 10.3 Å². The van der Waals surface area contributed by atoms with E-state index in [1.807, 2.05) is 13.8 Å². The van der Waals surface area contributed by atoms with Gasteiger partial charge in [0.2, 0.25) is 0 Å². The zero-order chi connectivity index (χ0) is 15.4. The van der Waals surface area contributed by atoms with Crippen molar-refractivity contribution >= 4 is 28.2 Å². The Hall–Kier alpha value is -1.34. The Morgan fingerprint density at radius 2 is 2.10 bits per heavy atom. The quantitative estimate of drug-likeness (QED) is 0.765. The molecule has 1 saturated heterocycles. The Morgan fingerprint density at radius 1 is 1.43 bits per heavy atom. The van der Waals surface area contributed by atoms with Gasteiger partial charge >= 0.3 is 0 Å². The number of aliphatic hydroxyl groups excluding tert-OH is 1. The van der Waals surface area contributed by atoms with Crippen LogP contribution >= 0.6 is 11.3 Å². The minimum atomic E-state index is -0.266. The molecule has 1 atom stereocenters. The summed E-state index contributed by atoms with van der Waals surface area (Å²) < 4.78 is 0. The number of nitrogens with one attached hydrogen (secondary N) is 1. The first-order valence-electron chi connectivity index (χ1n) is 7.46. The number of hydrogen-bond donors (Lipinski definition) is 3. The van der Waals surface area contributed by atoms with Crippen LogP contribution in [0, 0.1) is 5.92 Å². The Labute approximate surface area is 129 Å². The third-order valence-electron chi connectivity index (χ3n) is 3.79. The normalized spacial score (nSPS) is 17.0. The summed E-state index contributed by atoms with van der Waals surface area (Å²) >= 11 is 1.33. The summed E-state index contributed by atoms with van der Waals surface area (Å²) in [5.74, 6) is 0.189. The minimum absolute atomic E-state index is 0.0822. The SMILES string of the molecule is CC(C)[C@@H](CO)NC(=O)c1sc(N2CCCCC2)nc1N. The van der Waals surface area contributed by atoms with Crippen molar-refractivity contribution < 1.29 is 9.90 Å². The summed E-state index contributed by atoms with van der Waals surface area (Å²) in [6.07, 6.45) is 3.55. The zero-order valence-corrected chi connectivity index (χ0v) is 13.4. The number of nitrogens with two attached hydrogens (primary N) is 1. The van der Waals surface area contributed by atoms with E-state index >= 15 is 0 Å². The van der Waals surface area contributed by atoms with Gasteiger partial charge in [-0.3, -0.25) is 4.79 Å². The molecule has 2 heterocycles. The summed E-state index contributed by atoms with van der Waals surface area (Å²) in [7, 11) is 0. The second kappa shape index (κ2) is 7.09. The molecule has 0 spiro atoms. The third-order valence-corrected chi connectivity index (χ3v) is 4.92. The van der Waals surface area contributed by atoms with Crippen LogP contribution in [0.2, 0.25) is 0 Å². The fourth-order valence-electron chi connectivity index (χ4n) is 2.36. The van der Waals surface area contributed by atoms with E-state index in [0.717, 1.165) is 31.1 Å². The van der Waals surface area contributed by atoms with Crippen molar-refractivity contribution in [3.8, 4) is 0 Å². The molecular formula is C14H24N4O2S. The van der Waals surface area contributed by atoms with Gasteiger partial charge in [-0.05, 0) is 25.2 Å². The molecule has 0 radical (unpaired) electrons. The van der Waals surface area contributed by atoms with Gasteiger partial charge in [0.15, 0.2) is 5.13 Å². The molecular weight excluding hydrogens is 288 g/mol. The van der Waals surface area contributed by atoms with Crippen LogP contribution in [-0.2, 0) is 0 Å². The number of aliphatic hydroxyl groups is 1. The van der Waals surface area contributed by atoms with Crippen molar-refractivity contribution in [3.63, 3.8) is 0 Å². The molecule has 1 amide bonds. The highest BCUT2D eigenvalue weighted by atomic mass is 32.1. The predicted molar refractivity (Wildman–Crippen MR) is 85.8 cm³/mol. The molecule has 0 aliphatic carbocycles. The van der Waals surface area contributed by atoms with Crippen LogP contribution in [0.4, 0.5) is 10.9 Å². The molecule has 6 nitrogen and oxygen atoms in total. The lowest BCUT2D eigenvalue weighted by molar-refractivity contribution is 0.0901. The second-order valence-electron chi connectivity index (χ2n) is 5.77. The van der Waals surface area contributed by atoms with Crippen LogP contribution < -0.4 is 16.0 Å². The van der Waals surface area contributed by atoms with Crippen molar-refractivity contribution in [2.75, 3.05) is 30.3 Å². The molecule has 1 aromatic rings. The molecule has 4 N–H and O–H groups in total. The Balaban J connectivity index is 2.09. The maximum Gasteiger partial charge on any atom is 0.265 e. The van der Waals surface area contributed by atoms with Gasteiger partial charge in [0, 0.05) is 13.1 Å². The number of piperidine rings is 1. The first-order valence-corrected chi connectivity index (χ1v) is 8.27. The number of carbonyl (C=O) groups excluding carboxylic acids is 1. The van der Waals surface area contributed by atoms with Gasteiger partial charge in [0.05, 0.1) is 12.6 Å². The lowest BCUT2D eigenvalue weighted by Crippen LogP contribution is -2.41. The van der Waals surface area contributed by atoms with Crippen molar-refractivity contribution in [3.05, 3.63) is 4.88 Å². The van der Waals surface area contributed by atoms with Crippen molar-refractivity contribution in [1.29, 1.82) is 0 Å². The van der Waals surface area contributed by atoms with Gasteiger partial charge < -0.3 is 21.1 Å². The number of hydrogen-bond acceptors (Lipinski definition) is 6. The maximum absolute atomic E-state index is 12.3. The Morgan fingerprint density at radius 3 is 2.67 bits per heavy atom. The largest absolute Gasteiger partial charge is 0.394 e. The molecule has 1 aliphatic rings. The average Bonchev–Trinajstić information content (AvgIpc) is 2.87. The third kappa shape index (κ3) is 3.85.